The average Bonchev–Trinajstić information content (AvgIpc) is 3.22. The van der Waals surface area contributed by atoms with Crippen molar-refractivity contribution in [1.29, 1.82) is 0 Å². The molecule has 1 spiro atoms. The van der Waals surface area contributed by atoms with Crippen LogP contribution in [0.2, 0.25) is 0 Å². The van der Waals surface area contributed by atoms with E-state index >= 15 is 0 Å². The van der Waals surface area contributed by atoms with E-state index in [0.29, 0.717) is 32.1 Å². The number of hydrogen-bond donors (Lipinski definition) is 2. The van der Waals surface area contributed by atoms with E-state index in [0.717, 1.165) is 24.2 Å². The molecule has 4 fully saturated rings. The molecule has 3 aliphatic heterocycles. The van der Waals surface area contributed by atoms with E-state index in [2.05, 4.69) is 0 Å². The minimum Gasteiger partial charge on any atom is -0.495 e. The largest absolute Gasteiger partial charge is 0.495 e. The zero-order chi connectivity index (χ0) is 17.8. The van der Waals surface area contributed by atoms with Crippen molar-refractivity contribution < 1.29 is 29.2 Å². The fraction of sp³-hybridized carbons (Fsp3) is 0.842. The van der Waals surface area contributed by atoms with Crippen LogP contribution in [0.25, 0.3) is 0 Å². The third kappa shape index (κ3) is 3.14. The lowest BCUT2D eigenvalue weighted by atomic mass is 9.92. The van der Waals surface area contributed by atoms with Gasteiger partial charge in [0, 0.05) is 37.2 Å². The van der Waals surface area contributed by atoms with Crippen molar-refractivity contribution in [2.24, 2.45) is 5.92 Å². The van der Waals surface area contributed by atoms with Crippen molar-refractivity contribution in [3.8, 4) is 0 Å². The Morgan fingerprint density at radius 3 is 2.80 bits per heavy atom. The number of allylic oxidation sites excluding steroid dienone is 1. The molecule has 6 nitrogen and oxygen atoms in total. The molecule has 4 rings (SSSR count). The molecule has 7 atom stereocenters. The molecule has 0 amide bonds. The van der Waals surface area contributed by atoms with E-state index in [1.165, 1.54) is 0 Å². The van der Waals surface area contributed by atoms with Gasteiger partial charge >= 0.3 is 0 Å². The Kier molecular flexibility index (Phi) is 4.43. The van der Waals surface area contributed by atoms with Gasteiger partial charge in [0.15, 0.2) is 11.6 Å². The minimum absolute atomic E-state index is 0.00974. The van der Waals surface area contributed by atoms with Crippen LogP contribution in [-0.4, -0.2) is 52.3 Å². The van der Waals surface area contributed by atoms with Crippen LogP contribution >= 0.6 is 0 Å². The molecule has 4 aliphatic rings. The van der Waals surface area contributed by atoms with Gasteiger partial charge < -0.3 is 24.4 Å². The molecule has 1 saturated carbocycles. The lowest BCUT2D eigenvalue weighted by Crippen LogP contribution is -2.30. The summed E-state index contributed by atoms with van der Waals surface area (Å²) >= 11 is 0. The summed E-state index contributed by atoms with van der Waals surface area (Å²) in [5, 5.41) is 19.8. The number of ketones is 1. The number of carbonyl (C=O) groups is 1. The van der Waals surface area contributed by atoms with Crippen LogP contribution < -0.4 is 0 Å². The zero-order valence-corrected chi connectivity index (χ0v) is 14.9. The van der Waals surface area contributed by atoms with Crippen molar-refractivity contribution in [3.05, 3.63) is 11.3 Å². The number of aliphatic hydroxyl groups is 2. The second kappa shape index (κ2) is 6.34. The maximum atomic E-state index is 12.5. The monoisotopic (exact) mass is 352 g/mol. The molecule has 3 saturated heterocycles. The summed E-state index contributed by atoms with van der Waals surface area (Å²) in [6, 6.07) is 0. The second-order valence-corrected chi connectivity index (χ2v) is 8.16. The first-order valence-corrected chi connectivity index (χ1v) is 9.51. The van der Waals surface area contributed by atoms with Gasteiger partial charge in [-0.25, -0.2) is 0 Å². The van der Waals surface area contributed by atoms with Gasteiger partial charge in [-0.05, 0) is 33.1 Å². The summed E-state index contributed by atoms with van der Waals surface area (Å²) in [7, 11) is 0. The summed E-state index contributed by atoms with van der Waals surface area (Å²) in [5.41, 5.74) is 0.803. The molecule has 2 N–H and O–H groups in total. The van der Waals surface area contributed by atoms with Crippen LogP contribution in [0.4, 0.5) is 0 Å². The van der Waals surface area contributed by atoms with Crippen LogP contribution in [0.3, 0.4) is 0 Å². The topological polar surface area (TPSA) is 85.2 Å². The Bertz CT molecular complexity index is 584. The smallest absolute Gasteiger partial charge is 0.172 e. The van der Waals surface area contributed by atoms with Crippen molar-refractivity contribution in [2.75, 3.05) is 0 Å². The quantitative estimate of drug-likeness (QED) is 0.754. The molecule has 0 aromatic carbocycles. The standard InChI is InChI=1S/C19H28O6/c1-10(20)3-5-15-14(22)9-19(24-15)8-12-17(25-19)7-13(21)18(12)16-6-4-11(2)23-16/h10-12,14-15,17,20,22H,3-9H2,1-2H3/b18-16+/t10-,11-,12+,14+,15+,17+,19+/m1/s1. The molecule has 0 unspecified atom stereocenters. The molecule has 140 valence electrons. The van der Waals surface area contributed by atoms with E-state index in [9.17, 15) is 15.0 Å². The maximum Gasteiger partial charge on any atom is 0.172 e. The summed E-state index contributed by atoms with van der Waals surface area (Å²) in [4.78, 5) is 12.5. The average molecular weight is 352 g/mol. The lowest BCUT2D eigenvalue weighted by molar-refractivity contribution is -0.217. The van der Waals surface area contributed by atoms with Crippen molar-refractivity contribution >= 4 is 5.78 Å². The second-order valence-electron chi connectivity index (χ2n) is 8.16. The van der Waals surface area contributed by atoms with Gasteiger partial charge in [0.1, 0.15) is 5.76 Å². The van der Waals surface area contributed by atoms with Crippen LogP contribution in [0.15, 0.2) is 11.3 Å². The van der Waals surface area contributed by atoms with E-state index in [4.69, 9.17) is 14.2 Å². The Balaban J connectivity index is 1.49. The first-order chi connectivity index (χ1) is 11.9. The van der Waals surface area contributed by atoms with Crippen LogP contribution in [0.5, 0.6) is 0 Å². The van der Waals surface area contributed by atoms with E-state index in [1.807, 2.05) is 6.92 Å². The van der Waals surface area contributed by atoms with E-state index in [-0.39, 0.29) is 30.0 Å². The van der Waals surface area contributed by atoms with Gasteiger partial charge in [0.25, 0.3) is 0 Å². The van der Waals surface area contributed by atoms with Gasteiger partial charge in [-0.15, -0.1) is 0 Å². The first kappa shape index (κ1) is 17.5. The third-order valence-electron chi connectivity index (χ3n) is 6.01. The lowest BCUT2D eigenvalue weighted by Gasteiger charge is -2.25. The summed E-state index contributed by atoms with van der Waals surface area (Å²) in [6.45, 7) is 3.76. The fourth-order valence-corrected chi connectivity index (χ4v) is 4.82. The number of aliphatic hydroxyl groups excluding tert-OH is 2. The van der Waals surface area contributed by atoms with Gasteiger partial charge in [-0.1, -0.05) is 0 Å². The SMILES string of the molecule is C[C@@H]1CC/C(=C2\C(=O)C[C@@H]3O[C@@]4(C[C@H]23)C[C@H](O)[C@H](CC[C@@H](C)O)O4)O1. The molecule has 25 heavy (non-hydrogen) atoms. The molecule has 0 aromatic rings. The Morgan fingerprint density at radius 2 is 2.12 bits per heavy atom. The highest BCUT2D eigenvalue weighted by Gasteiger charge is 2.59. The first-order valence-electron chi connectivity index (χ1n) is 9.51. The number of ether oxygens (including phenoxy) is 3. The summed E-state index contributed by atoms with van der Waals surface area (Å²) in [6.07, 6.45) is 3.04. The number of rotatable bonds is 3. The van der Waals surface area contributed by atoms with Gasteiger partial charge in [0.05, 0.1) is 30.5 Å². The summed E-state index contributed by atoms with van der Waals surface area (Å²) < 4.78 is 18.2. The molecular weight excluding hydrogens is 324 g/mol. The molecule has 1 aliphatic carbocycles. The zero-order valence-electron chi connectivity index (χ0n) is 14.9. The number of Topliss-reactive ketones (excluding diaryl/α,β-unsaturated/α-hetero) is 1. The predicted octanol–water partition coefficient (Wildman–Crippen LogP) is 1.82. The molecule has 0 aromatic heterocycles. The predicted molar refractivity (Wildman–Crippen MR) is 88.6 cm³/mol. The third-order valence-corrected chi connectivity index (χ3v) is 6.01. The van der Waals surface area contributed by atoms with Crippen molar-refractivity contribution in [2.45, 2.75) is 95.1 Å². The van der Waals surface area contributed by atoms with Crippen LogP contribution in [0.1, 0.15) is 58.8 Å². The molecule has 6 heteroatoms. The van der Waals surface area contributed by atoms with Crippen molar-refractivity contribution in [3.63, 3.8) is 0 Å². The fourth-order valence-electron chi connectivity index (χ4n) is 4.82. The number of hydrogen-bond acceptors (Lipinski definition) is 6. The van der Waals surface area contributed by atoms with E-state index < -0.39 is 18.0 Å². The molecular formula is C19H28O6. The highest BCUT2D eigenvalue weighted by Crippen LogP contribution is 2.53. The van der Waals surface area contributed by atoms with Crippen LogP contribution in [0, 0.1) is 5.92 Å². The molecule has 0 radical (unpaired) electrons. The minimum atomic E-state index is -0.797. The van der Waals surface area contributed by atoms with Crippen LogP contribution in [-0.2, 0) is 19.0 Å². The van der Waals surface area contributed by atoms with Crippen molar-refractivity contribution in [1.82, 2.24) is 0 Å². The molecule has 3 heterocycles. The number of fused-ring (bicyclic) bond motifs is 1. The Morgan fingerprint density at radius 1 is 1.32 bits per heavy atom. The van der Waals surface area contributed by atoms with E-state index in [1.54, 1.807) is 6.92 Å². The summed E-state index contributed by atoms with van der Waals surface area (Å²) in [5.74, 6) is 0.193. The van der Waals surface area contributed by atoms with Gasteiger partial charge in [0.2, 0.25) is 0 Å². The normalized spacial score (nSPS) is 47.5. The highest BCUT2D eigenvalue weighted by molar-refractivity contribution is 5.99. The Labute approximate surface area is 148 Å². The van der Waals surface area contributed by atoms with Gasteiger partial charge in [-0.2, -0.15) is 0 Å². The highest BCUT2D eigenvalue weighted by atomic mass is 16.7. The Hall–Kier alpha value is -0.950. The maximum absolute atomic E-state index is 12.5. The molecule has 0 bridgehead atoms. The van der Waals surface area contributed by atoms with Gasteiger partial charge in [-0.3, -0.25) is 4.79 Å². The number of carbonyl (C=O) groups excluding carboxylic acids is 1.